The summed E-state index contributed by atoms with van der Waals surface area (Å²) in [5, 5.41) is 26.4. The van der Waals surface area contributed by atoms with Crippen molar-refractivity contribution in [2.45, 2.75) is 25.0 Å². The van der Waals surface area contributed by atoms with Crippen molar-refractivity contribution in [3.8, 4) is 0 Å². The van der Waals surface area contributed by atoms with Gasteiger partial charge >= 0.3 is 11.9 Å². The van der Waals surface area contributed by atoms with Crippen LogP contribution in [0.3, 0.4) is 0 Å². The van der Waals surface area contributed by atoms with Gasteiger partial charge in [-0.05, 0) is 0 Å². The fraction of sp³-hybridized carbons (Fsp3) is 0.625. The molecule has 7 nitrogen and oxygen atoms in total. The molecule has 2 atom stereocenters. The third-order valence-corrected chi connectivity index (χ3v) is 2.17. The zero-order valence-corrected chi connectivity index (χ0v) is 7.79. The largest absolute Gasteiger partial charge is 0.481 e. The molecule has 1 aliphatic heterocycles. The summed E-state index contributed by atoms with van der Waals surface area (Å²) < 4.78 is 0. The van der Waals surface area contributed by atoms with Gasteiger partial charge < -0.3 is 20.2 Å². The Bertz CT molecular complexity index is 302. The van der Waals surface area contributed by atoms with Gasteiger partial charge in [0.05, 0.1) is 18.9 Å². The van der Waals surface area contributed by atoms with E-state index in [0.29, 0.717) is 0 Å². The molecule has 0 aromatic rings. The lowest BCUT2D eigenvalue weighted by molar-refractivity contribution is -0.153. The number of hydrogen-bond donors (Lipinski definition) is 3. The standard InChI is InChI=1S/C8H11NO6/c10-4-1-6(11)9(3-4)5(8(14)15)2-7(12)13/h4-5,10H,1-3H2,(H,12,13)(H,14,15)/t4?,5-/m0/s1. The Labute approximate surface area is 84.9 Å². The Morgan fingerprint density at radius 2 is 2.07 bits per heavy atom. The number of amides is 1. The van der Waals surface area contributed by atoms with Crippen LogP contribution in [-0.2, 0) is 14.4 Å². The lowest BCUT2D eigenvalue weighted by atomic mass is 10.2. The maximum atomic E-state index is 11.2. The van der Waals surface area contributed by atoms with E-state index in [2.05, 4.69) is 0 Å². The lowest BCUT2D eigenvalue weighted by Gasteiger charge is -2.22. The third-order valence-electron chi connectivity index (χ3n) is 2.17. The first-order chi connectivity index (χ1) is 6.91. The van der Waals surface area contributed by atoms with E-state index in [1.807, 2.05) is 0 Å². The molecule has 0 saturated carbocycles. The summed E-state index contributed by atoms with van der Waals surface area (Å²) in [5.41, 5.74) is 0. The molecule has 7 heteroatoms. The molecule has 1 unspecified atom stereocenters. The van der Waals surface area contributed by atoms with Crippen LogP contribution < -0.4 is 0 Å². The Balaban J connectivity index is 2.76. The van der Waals surface area contributed by atoms with Gasteiger partial charge in [0.25, 0.3) is 0 Å². The Kier molecular flexibility index (Phi) is 3.25. The predicted molar refractivity (Wildman–Crippen MR) is 46.0 cm³/mol. The highest BCUT2D eigenvalue weighted by atomic mass is 16.4. The SMILES string of the molecule is O=C(O)C[C@@H](C(=O)O)N1CC(O)CC1=O. The molecule has 0 spiro atoms. The van der Waals surface area contributed by atoms with Gasteiger partial charge in [-0.3, -0.25) is 9.59 Å². The predicted octanol–water partition coefficient (Wildman–Crippen LogP) is -1.49. The van der Waals surface area contributed by atoms with Gasteiger partial charge in [0.1, 0.15) is 6.04 Å². The van der Waals surface area contributed by atoms with Crippen molar-refractivity contribution in [3.63, 3.8) is 0 Å². The Morgan fingerprint density at radius 3 is 2.40 bits per heavy atom. The van der Waals surface area contributed by atoms with Crippen LogP contribution in [0.2, 0.25) is 0 Å². The van der Waals surface area contributed by atoms with Gasteiger partial charge in [-0.25, -0.2) is 4.79 Å². The van der Waals surface area contributed by atoms with Crippen LogP contribution in [0.25, 0.3) is 0 Å². The van der Waals surface area contributed by atoms with Gasteiger partial charge in [0.2, 0.25) is 5.91 Å². The second-order valence-corrected chi connectivity index (χ2v) is 3.36. The van der Waals surface area contributed by atoms with Crippen LogP contribution >= 0.6 is 0 Å². The maximum Gasteiger partial charge on any atom is 0.327 e. The molecule has 1 rings (SSSR count). The van der Waals surface area contributed by atoms with Crippen LogP contribution in [0.5, 0.6) is 0 Å². The second-order valence-electron chi connectivity index (χ2n) is 3.36. The van der Waals surface area contributed by atoms with Crippen LogP contribution in [0.4, 0.5) is 0 Å². The van der Waals surface area contributed by atoms with E-state index in [0.717, 1.165) is 4.90 Å². The number of carboxylic acid groups (broad SMARTS) is 2. The number of likely N-dealkylation sites (tertiary alicyclic amines) is 1. The summed E-state index contributed by atoms with van der Waals surface area (Å²) in [6, 6.07) is -1.40. The average molecular weight is 217 g/mol. The highest BCUT2D eigenvalue weighted by molar-refractivity contribution is 5.88. The van der Waals surface area contributed by atoms with E-state index < -0.39 is 36.4 Å². The molecule has 1 amide bonds. The number of carbonyl (C=O) groups is 3. The summed E-state index contributed by atoms with van der Waals surface area (Å²) in [5.74, 6) is -3.20. The average Bonchev–Trinajstić information content (AvgIpc) is 2.40. The van der Waals surface area contributed by atoms with Gasteiger partial charge in [0.15, 0.2) is 0 Å². The van der Waals surface area contributed by atoms with Gasteiger partial charge in [-0.15, -0.1) is 0 Å². The van der Waals surface area contributed by atoms with Gasteiger partial charge in [-0.2, -0.15) is 0 Å². The van der Waals surface area contributed by atoms with Crippen LogP contribution in [0.15, 0.2) is 0 Å². The number of aliphatic hydroxyl groups is 1. The summed E-state index contributed by atoms with van der Waals surface area (Å²) in [7, 11) is 0. The number of carboxylic acids is 2. The smallest absolute Gasteiger partial charge is 0.327 e. The van der Waals surface area contributed by atoms with Crippen LogP contribution in [0, 0.1) is 0 Å². The molecule has 15 heavy (non-hydrogen) atoms. The number of rotatable bonds is 4. The van der Waals surface area contributed by atoms with Crippen molar-refractivity contribution in [1.29, 1.82) is 0 Å². The van der Waals surface area contributed by atoms with Gasteiger partial charge in [0, 0.05) is 6.54 Å². The quantitative estimate of drug-likeness (QED) is 0.528. The lowest BCUT2D eigenvalue weighted by Crippen LogP contribution is -2.43. The normalized spacial score (nSPS) is 22.9. The molecule has 1 saturated heterocycles. The van der Waals surface area contributed by atoms with E-state index in [1.54, 1.807) is 0 Å². The van der Waals surface area contributed by atoms with Crippen LogP contribution in [-0.4, -0.2) is 56.8 Å². The van der Waals surface area contributed by atoms with Gasteiger partial charge in [-0.1, -0.05) is 0 Å². The number of aliphatic carboxylic acids is 2. The van der Waals surface area contributed by atoms with Crippen molar-refractivity contribution >= 4 is 17.8 Å². The van der Waals surface area contributed by atoms with Crippen molar-refractivity contribution < 1.29 is 29.7 Å². The molecule has 0 radical (unpaired) electrons. The summed E-state index contributed by atoms with van der Waals surface area (Å²) in [4.78, 5) is 33.2. The molecule has 1 heterocycles. The first-order valence-electron chi connectivity index (χ1n) is 4.34. The second kappa shape index (κ2) is 4.26. The molecule has 0 bridgehead atoms. The van der Waals surface area contributed by atoms with Crippen molar-refractivity contribution in [1.82, 2.24) is 4.90 Å². The molecule has 84 valence electrons. The number of β-amino-alcohol motifs (C(OH)–C–C–N with tert-alkyl or cyclic N) is 1. The van der Waals surface area contributed by atoms with E-state index in [1.165, 1.54) is 0 Å². The minimum Gasteiger partial charge on any atom is -0.481 e. The molecule has 1 fully saturated rings. The van der Waals surface area contributed by atoms with E-state index >= 15 is 0 Å². The first-order valence-corrected chi connectivity index (χ1v) is 4.34. The Morgan fingerprint density at radius 1 is 1.47 bits per heavy atom. The van der Waals surface area contributed by atoms with E-state index in [9.17, 15) is 14.4 Å². The molecule has 0 aromatic carbocycles. The number of aliphatic hydroxyl groups excluding tert-OH is 1. The zero-order valence-electron chi connectivity index (χ0n) is 7.79. The summed E-state index contributed by atoms with van der Waals surface area (Å²) in [6.45, 7) is -0.122. The fourth-order valence-corrected chi connectivity index (χ4v) is 1.51. The molecular weight excluding hydrogens is 206 g/mol. The van der Waals surface area contributed by atoms with E-state index in [4.69, 9.17) is 15.3 Å². The van der Waals surface area contributed by atoms with Crippen LogP contribution in [0.1, 0.15) is 12.8 Å². The summed E-state index contributed by atoms with van der Waals surface area (Å²) >= 11 is 0. The highest BCUT2D eigenvalue weighted by Crippen LogP contribution is 2.16. The van der Waals surface area contributed by atoms with E-state index in [-0.39, 0.29) is 13.0 Å². The molecular formula is C8H11NO6. The molecule has 0 aromatic heterocycles. The monoisotopic (exact) mass is 217 g/mol. The maximum absolute atomic E-state index is 11.2. The third kappa shape index (κ3) is 2.66. The summed E-state index contributed by atoms with van der Waals surface area (Å²) in [6.07, 6.45) is -1.72. The zero-order chi connectivity index (χ0) is 11.6. The number of nitrogens with zero attached hydrogens (tertiary/aromatic N) is 1. The Hall–Kier alpha value is -1.63. The van der Waals surface area contributed by atoms with Crippen molar-refractivity contribution in [2.24, 2.45) is 0 Å². The molecule has 0 aliphatic carbocycles. The molecule has 3 N–H and O–H groups in total. The van der Waals surface area contributed by atoms with Crippen molar-refractivity contribution in [2.75, 3.05) is 6.54 Å². The topological polar surface area (TPSA) is 115 Å². The number of carbonyl (C=O) groups excluding carboxylic acids is 1. The highest BCUT2D eigenvalue weighted by Gasteiger charge is 2.37. The first kappa shape index (κ1) is 11.4. The molecule has 1 aliphatic rings. The van der Waals surface area contributed by atoms with Crippen molar-refractivity contribution in [3.05, 3.63) is 0 Å². The minimum absolute atomic E-state index is 0.122. The fourth-order valence-electron chi connectivity index (χ4n) is 1.51. The number of hydrogen-bond acceptors (Lipinski definition) is 4. The minimum atomic E-state index is -1.40.